The number of carbonyl (C=O) groups is 2. The van der Waals surface area contributed by atoms with Crippen molar-refractivity contribution in [3.05, 3.63) is 71.3 Å². The Morgan fingerprint density at radius 3 is 2.66 bits per heavy atom. The van der Waals surface area contributed by atoms with Gasteiger partial charge in [0.05, 0.1) is 18.4 Å². The van der Waals surface area contributed by atoms with E-state index in [-0.39, 0.29) is 30.0 Å². The van der Waals surface area contributed by atoms with Crippen LogP contribution in [-0.4, -0.2) is 23.6 Å². The maximum absolute atomic E-state index is 12.5. The number of allylic oxidation sites excluding steroid dienone is 1. The third-order valence-corrected chi connectivity index (χ3v) is 6.60. The van der Waals surface area contributed by atoms with E-state index < -0.39 is 5.41 Å². The van der Waals surface area contributed by atoms with E-state index in [1.807, 2.05) is 30.3 Å². The number of carbonyl (C=O) groups excluding carboxylic acids is 2. The lowest BCUT2D eigenvalue weighted by Crippen LogP contribution is -2.31. The Bertz CT molecular complexity index is 1040. The van der Waals surface area contributed by atoms with Crippen LogP contribution >= 0.6 is 0 Å². The van der Waals surface area contributed by atoms with Crippen molar-refractivity contribution in [3.8, 4) is 5.75 Å². The SMILES string of the molecule is C=C1CC2COC(=O)C2(Cc2ccc(NC(=O)Cc3ccc(O)c(CC(C)C)c3)cc2)C1. The summed E-state index contributed by atoms with van der Waals surface area (Å²) < 4.78 is 5.36. The molecule has 1 heterocycles. The number of ether oxygens (including phenoxy) is 1. The van der Waals surface area contributed by atoms with Crippen LogP contribution in [-0.2, 0) is 33.6 Å². The maximum atomic E-state index is 12.5. The number of anilines is 1. The molecule has 2 fully saturated rings. The Labute approximate surface area is 189 Å². The van der Waals surface area contributed by atoms with E-state index in [0.29, 0.717) is 25.4 Å². The summed E-state index contributed by atoms with van der Waals surface area (Å²) in [7, 11) is 0. The van der Waals surface area contributed by atoms with E-state index in [1.165, 1.54) is 0 Å². The molecule has 0 aromatic heterocycles. The molecule has 5 nitrogen and oxygen atoms in total. The van der Waals surface area contributed by atoms with E-state index in [2.05, 4.69) is 25.7 Å². The van der Waals surface area contributed by atoms with Crippen LogP contribution < -0.4 is 5.32 Å². The summed E-state index contributed by atoms with van der Waals surface area (Å²) >= 11 is 0. The second kappa shape index (κ2) is 8.81. The summed E-state index contributed by atoms with van der Waals surface area (Å²) in [4.78, 5) is 25.0. The van der Waals surface area contributed by atoms with Gasteiger partial charge in [0.15, 0.2) is 0 Å². The molecule has 0 bridgehead atoms. The molecule has 0 spiro atoms. The molecular weight excluding hydrogens is 402 g/mol. The fourth-order valence-corrected chi connectivity index (χ4v) is 5.08. The quantitative estimate of drug-likeness (QED) is 0.485. The molecule has 2 aliphatic rings. The van der Waals surface area contributed by atoms with Crippen molar-refractivity contribution >= 4 is 17.6 Å². The minimum Gasteiger partial charge on any atom is -0.508 e. The lowest BCUT2D eigenvalue weighted by molar-refractivity contribution is -0.146. The molecule has 168 valence electrons. The van der Waals surface area contributed by atoms with Crippen LogP contribution in [0.2, 0.25) is 0 Å². The van der Waals surface area contributed by atoms with Gasteiger partial charge < -0.3 is 15.2 Å². The molecule has 1 aliphatic heterocycles. The highest BCUT2D eigenvalue weighted by Crippen LogP contribution is 2.52. The lowest BCUT2D eigenvalue weighted by atomic mass is 9.75. The Hall–Kier alpha value is -3.08. The number of amides is 1. The van der Waals surface area contributed by atoms with Crippen LogP contribution in [0.1, 0.15) is 43.4 Å². The number of benzene rings is 2. The van der Waals surface area contributed by atoms with Gasteiger partial charge >= 0.3 is 5.97 Å². The van der Waals surface area contributed by atoms with Crippen molar-refractivity contribution in [1.82, 2.24) is 0 Å². The Kier molecular flexibility index (Phi) is 6.09. The molecule has 1 saturated carbocycles. The fraction of sp³-hybridized carbons (Fsp3) is 0.407. The van der Waals surface area contributed by atoms with Crippen molar-refractivity contribution in [2.24, 2.45) is 17.3 Å². The Balaban J connectivity index is 1.38. The summed E-state index contributed by atoms with van der Waals surface area (Å²) in [5, 5.41) is 13.0. The van der Waals surface area contributed by atoms with Crippen molar-refractivity contribution < 1.29 is 19.4 Å². The summed E-state index contributed by atoms with van der Waals surface area (Å²) in [5.41, 5.74) is 4.17. The molecule has 1 aliphatic carbocycles. The first-order valence-electron chi connectivity index (χ1n) is 11.3. The van der Waals surface area contributed by atoms with Gasteiger partial charge in [0.2, 0.25) is 5.91 Å². The number of hydrogen-bond acceptors (Lipinski definition) is 4. The number of phenols is 1. The summed E-state index contributed by atoms with van der Waals surface area (Å²) in [6.45, 7) is 8.78. The van der Waals surface area contributed by atoms with Gasteiger partial charge in [0, 0.05) is 11.6 Å². The Morgan fingerprint density at radius 2 is 1.94 bits per heavy atom. The molecule has 2 atom stereocenters. The number of aromatic hydroxyl groups is 1. The predicted molar refractivity (Wildman–Crippen MR) is 124 cm³/mol. The van der Waals surface area contributed by atoms with Gasteiger partial charge in [0.1, 0.15) is 5.75 Å². The zero-order chi connectivity index (χ0) is 22.9. The van der Waals surface area contributed by atoms with Gasteiger partial charge in [0.25, 0.3) is 0 Å². The number of fused-ring (bicyclic) bond motifs is 1. The Morgan fingerprint density at radius 1 is 1.22 bits per heavy atom. The van der Waals surface area contributed by atoms with E-state index in [1.54, 1.807) is 12.1 Å². The molecule has 2 aromatic rings. The highest BCUT2D eigenvalue weighted by atomic mass is 16.5. The van der Waals surface area contributed by atoms with Gasteiger partial charge in [-0.1, -0.05) is 50.3 Å². The predicted octanol–water partition coefficient (Wildman–Crippen LogP) is 4.82. The molecular formula is C27H31NO4. The topological polar surface area (TPSA) is 75.6 Å². The smallest absolute Gasteiger partial charge is 0.313 e. The summed E-state index contributed by atoms with van der Waals surface area (Å²) in [6.07, 6.45) is 3.20. The number of nitrogens with one attached hydrogen (secondary N) is 1. The molecule has 5 heteroatoms. The average molecular weight is 434 g/mol. The summed E-state index contributed by atoms with van der Waals surface area (Å²) in [5.74, 6) is 0.699. The van der Waals surface area contributed by atoms with Crippen molar-refractivity contribution in [2.45, 2.75) is 46.0 Å². The third-order valence-electron chi connectivity index (χ3n) is 6.60. The van der Waals surface area contributed by atoms with Gasteiger partial charge in [-0.3, -0.25) is 9.59 Å². The van der Waals surface area contributed by atoms with E-state index in [4.69, 9.17) is 4.74 Å². The second-order valence-corrected chi connectivity index (χ2v) is 9.74. The number of rotatable bonds is 7. The van der Waals surface area contributed by atoms with Crippen LogP contribution in [0.25, 0.3) is 0 Å². The summed E-state index contributed by atoms with van der Waals surface area (Å²) in [6, 6.07) is 13.0. The molecule has 1 amide bonds. The molecule has 0 radical (unpaired) electrons. The zero-order valence-corrected chi connectivity index (χ0v) is 18.8. The van der Waals surface area contributed by atoms with Gasteiger partial charge in [-0.15, -0.1) is 0 Å². The van der Waals surface area contributed by atoms with Crippen molar-refractivity contribution in [3.63, 3.8) is 0 Å². The van der Waals surface area contributed by atoms with Crippen LogP contribution in [0.3, 0.4) is 0 Å². The molecule has 2 unspecified atom stereocenters. The standard InChI is InChI=1S/C27H31NO4/c1-17(2)10-21-12-20(6-9-24(21)29)13-25(30)28-23-7-4-19(5-8-23)15-27-14-18(3)11-22(27)16-32-26(27)31/h4-9,12,17,22,29H,3,10-11,13-16H2,1-2H3,(H,28,30). The maximum Gasteiger partial charge on any atom is 0.313 e. The first kappa shape index (κ1) is 22.1. The molecule has 2 aromatic carbocycles. The highest BCUT2D eigenvalue weighted by molar-refractivity contribution is 5.92. The second-order valence-electron chi connectivity index (χ2n) is 9.74. The lowest BCUT2D eigenvalue weighted by Gasteiger charge is -2.24. The number of esters is 1. The minimum absolute atomic E-state index is 0.107. The largest absolute Gasteiger partial charge is 0.508 e. The zero-order valence-electron chi connectivity index (χ0n) is 18.8. The van der Waals surface area contributed by atoms with Crippen LogP contribution in [0, 0.1) is 17.3 Å². The van der Waals surface area contributed by atoms with Crippen LogP contribution in [0.4, 0.5) is 5.69 Å². The number of cyclic esters (lactones) is 1. The molecule has 4 rings (SSSR count). The molecule has 1 saturated heterocycles. The van der Waals surface area contributed by atoms with Crippen molar-refractivity contribution in [2.75, 3.05) is 11.9 Å². The first-order chi connectivity index (χ1) is 15.2. The van der Waals surface area contributed by atoms with E-state index in [9.17, 15) is 14.7 Å². The monoisotopic (exact) mass is 433 g/mol. The number of phenolic OH excluding ortho intramolecular Hbond substituents is 1. The van der Waals surface area contributed by atoms with Gasteiger partial charge in [-0.05, 0) is 66.5 Å². The third kappa shape index (κ3) is 4.57. The minimum atomic E-state index is -0.478. The van der Waals surface area contributed by atoms with Crippen molar-refractivity contribution in [1.29, 1.82) is 0 Å². The molecule has 2 N–H and O–H groups in total. The van der Waals surface area contributed by atoms with Gasteiger partial charge in [-0.2, -0.15) is 0 Å². The first-order valence-corrected chi connectivity index (χ1v) is 11.3. The van der Waals surface area contributed by atoms with E-state index >= 15 is 0 Å². The average Bonchev–Trinajstić information content (AvgIpc) is 3.19. The normalized spacial score (nSPS) is 22.2. The van der Waals surface area contributed by atoms with E-state index in [0.717, 1.165) is 40.8 Å². The molecule has 32 heavy (non-hydrogen) atoms. The fourth-order valence-electron chi connectivity index (χ4n) is 5.08. The highest BCUT2D eigenvalue weighted by Gasteiger charge is 2.55. The van der Waals surface area contributed by atoms with Crippen LogP contribution in [0.5, 0.6) is 5.75 Å². The van der Waals surface area contributed by atoms with Crippen LogP contribution in [0.15, 0.2) is 54.6 Å². The van der Waals surface area contributed by atoms with Gasteiger partial charge in [-0.25, -0.2) is 0 Å². The number of hydrogen-bond donors (Lipinski definition) is 2.